The van der Waals surface area contributed by atoms with Crippen LogP contribution in [0.5, 0.6) is 5.75 Å². The number of hydrogen-bond donors (Lipinski definition) is 2. The maximum atomic E-state index is 13.3. The molecular formula is C14H12BrFN2O2. The summed E-state index contributed by atoms with van der Waals surface area (Å²) < 4.78 is 19.4. The first-order chi connectivity index (χ1) is 9.60. The molecule has 104 valence electrons. The third kappa shape index (κ3) is 3.55. The van der Waals surface area contributed by atoms with Crippen LogP contribution in [0.4, 0.5) is 4.39 Å². The molecule has 0 saturated heterocycles. The Hall–Kier alpha value is -1.92. The molecule has 2 aromatic rings. The first-order valence-corrected chi connectivity index (χ1v) is 6.57. The summed E-state index contributed by atoms with van der Waals surface area (Å²) in [6.07, 6.45) is -0.949. The average molecular weight is 339 g/mol. The van der Waals surface area contributed by atoms with Crippen molar-refractivity contribution in [1.82, 2.24) is 5.43 Å². The van der Waals surface area contributed by atoms with Gasteiger partial charge in [-0.05, 0) is 12.1 Å². The largest absolute Gasteiger partial charge is 0.476 e. The third-order valence-electron chi connectivity index (χ3n) is 2.57. The quantitative estimate of drug-likeness (QED) is 0.511. The normalized spacial score (nSPS) is 11.8. The van der Waals surface area contributed by atoms with Crippen molar-refractivity contribution in [3.63, 3.8) is 0 Å². The first-order valence-electron chi connectivity index (χ1n) is 5.78. The minimum absolute atomic E-state index is 0.231. The fraction of sp³-hybridized carbons (Fsp3) is 0.0714. The van der Waals surface area contributed by atoms with Gasteiger partial charge in [0.05, 0.1) is 0 Å². The minimum atomic E-state index is -0.949. The molecule has 0 aliphatic rings. The van der Waals surface area contributed by atoms with Crippen molar-refractivity contribution in [2.24, 2.45) is 5.84 Å². The van der Waals surface area contributed by atoms with Gasteiger partial charge in [-0.3, -0.25) is 10.2 Å². The van der Waals surface area contributed by atoms with E-state index in [1.165, 1.54) is 12.1 Å². The van der Waals surface area contributed by atoms with Crippen molar-refractivity contribution < 1.29 is 13.9 Å². The molecule has 1 atom stereocenters. The van der Waals surface area contributed by atoms with Gasteiger partial charge in [-0.25, -0.2) is 10.2 Å². The van der Waals surface area contributed by atoms with Crippen molar-refractivity contribution >= 4 is 21.8 Å². The highest BCUT2D eigenvalue weighted by Gasteiger charge is 2.22. The van der Waals surface area contributed by atoms with Crippen molar-refractivity contribution in [1.29, 1.82) is 0 Å². The van der Waals surface area contributed by atoms with E-state index in [0.717, 1.165) is 0 Å². The Morgan fingerprint density at radius 2 is 1.95 bits per heavy atom. The summed E-state index contributed by atoms with van der Waals surface area (Å²) in [7, 11) is 0. The molecule has 3 N–H and O–H groups in total. The van der Waals surface area contributed by atoms with Gasteiger partial charge in [-0.2, -0.15) is 0 Å². The van der Waals surface area contributed by atoms with E-state index in [-0.39, 0.29) is 5.75 Å². The van der Waals surface area contributed by atoms with Crippen LogP contribution in [0.2, 0.25) is 0 Å². The Bertz CT molecular complexity index is 587. The second-order valence-electron chi connectivity index (χ2n) is 4.02. The Balaban J connectivity index is 2.31. The highest BCUT2D eigenvalue weighted by molar-refractivity contribution is 9.10. The summed E-state index contributed by atoms with van der Waals surface area (Å²) in [5.41, 5.74) is 2.66. The first kappa shape index (κ1) is 14.5. The number of hydrogen-bond acceptors (Lipinski definition) is 3. The Labute approximate surface area is 123 Å². The van der Waals surface area contributed by atoms with Crippen LogP contribution in [0.15, 0.2) is 53.0 Å². The SMILES string of the molecule is NNC(=O)C(Oc1cc(F)cc(Br)c1)c1ccccc1. The Morgan fingerprint density at radius 3 is 2.55 bits per heavy atom. The number of ether oxygens (including phenoxy) is 1. The number of nitrogens with two attached hydrogens (primary N) is 1. The highest BCUT2D eigenvalue weighted by Crippen LogP contribution is 2.26. The fourth-order valence-corrected chi connectivity index (χ4v) is 2.15. The van der Waals surface area contributed by atoms with E-state index in [9.17, 15) is 9.18 Å². The van der Waals surface area contributed by atoms with E-state index < -0.39 is 17.8 Å². The molecular weight excluding hydrogens is 327 g/mol. The summed E-state index contributed by atoms with van der Waals surface area (Å²) in [4.78, 5) is 11.8. The summed E-state index contributed by atoms with van der Waals surface area (Å²) >= 11 is 3.17. The Morgan fingerprint density at radius 1 is 1.25 bits per heavy atom. The van der Waals surface area contributed by atoms with Gasteiger partial charge in [0, 0.05) is 16.1 Å². The van der Waals surface area contributed by atoms with E-state index in [0.29, 0.717) is 10.0 Å². The second kappa shape index (κ2) is 6.49. The monoisotopic (exact) mass is 338 g/mol. The summed E-state index contributed by atoms with van der Waals surface area (Å²) in [6, 6.07) is 12.9. The van der Waals surface area contributed by atoms with Gasteiger partial charge in [-0.15, -0.1) is 0 Å². The average Bonchev–Trinajstić information content (AvgIpc) is 2.44. The van der Waals surface area contributed by atoms with Gasteiger partial charge >= 0.3 is 0 Å². The van der Waals surface area contributed by atoms with Gasteiger partial charge in [0.15, 0.2) is 0 Å². The molecule has 0 saturated carbocycles. The highest BCUT2D eigenvalue weighted by atomic mass is 79.9. The zero-order valence-electron chi connectivity index (χ0n) is 10.3. The molecule has 0 fully saturated rings. The van der Waals surface area contributed by atoms with Gasteiger partial charge in [0.2, 0.25) is 6.10 Å². The van der Waals surface area contributed by atoms with Crippen LogP contribution >= 0.6 is 15.9 Å². The zero-order chi connectivity index (χ0) is 14.5. The molecule has 6 heteroatoms. The lowest BCUT2D eigenvalue weighted by atomic mass is 10.1. The lowest BCUT2D eigenvalue weighted by Crippen LogP contribution is -2.37. The van der Waals surface area contributed by atoms with E-state index in [1.807, 2.05) is 11.5 Å². The van der Waals surface area contributed by atoms with Gasteiger partial charge in [0.1, 0.15) is 11.6 Å². The van der Waals surface area contributed by atoms with E-state index in [4.69, 9.17) is 10.6 Å². The fourth-order valence-electron chi connectivity index (χ4n) is 1.71. The number of halogens is 2. The summed E-state index contributed by atoms with van der Waals surface area (Å²) in [5.74, 6) is 4.41. The summed E-state index contributed by atoms with van der Waals surface area (Å²) in [5, 5.41) is 0. The molecule has 0 spiro atoms. The predicted octanol–water partition coefficient (Wildman–Crippen LogP) is 2.70. The van der Waals surface area contributed by atoms with E-state index in [1.54, 1.807) is 30.3 Å². The Kier molecular flexibility index (Phi) is 4.70. The van der Waals surface area contributed by atoms with Crippen LogP contribution in [-0.4, -0.2) is 5.91 Å². The van der Waals surface area contributed by atoms with Crippen molar-refractivity contribution in [3.05, 3.63) is 64.4 Å². The molecule has 2 rings (SSSR count). The van der Waals surface area contributed by atoms with Crippen LogP contribution in [0, 0.1) is 5.82 Å². The van der Waals surface area contributed by atoms with Crippen LogP contribution in [0.3, 0.4) is 0 Å². The lowest BCUT2D eigenvalue weighted by Gasteiger charge is -2.18. The molecule has 0 bridgehead atoms. The predicted molar refractivity (Wildman–Crippen MR) is 76.2 cm³/mol. The molecule has 1 unspecified atom stereocenters. The van der Waals surface area contributed by atoms with Crippen LogP contribution in [-0.2, 0) is 4.79 Å². The molecule has 0 aliphatic heterocycles. The van der Waals surface area contributed by atoms with Gasteiger partial charge in [-0.1, -0.05) is 46.3 Å². The maximum absolute atomic E-state index is 13.3. The van der Waals surface area contributed by atoms with Crippen LogP contribution in [0.1, 0.15) is 11.7 Å². The zero-order valence-corrected chi connectivity index (χ0v) is 11.9. The van der Waals surface area contributed by atoms with E-state index >= 15 is 0 Å². The molecule has 0 heterocycles. The molecule has 0 radical (unpaired) electrons. The number of nitrogens with one attached hydrogen (secondary N) is 1. The smallest absolute Gasteiger partial charge is 0.279 e. The molecule has 1 amide bonds. The number of carbonyl (C=O) groups excluding carboxylic acids is 1. The molecule has 4 nitrogen and oxygen atoms in total. The molecule has 2 aromatic carbocycles. The van der Waals surface area contributed by atoms with Crippen molar-refractivity contribution in [2.45, 2.75) is 6.10 Å². The standard InChI is InChI=1S/C14H12BrFN2O2/c15-10-6-11(16)8-12(7-10)20-13(14(19)18-17)9-4-2-1-3-5-9/h1-8,13H,17H2,(H,18,19). The second-order valence-corrected chi connectivity index (χ2v) is 4.94. The topological polar surface area (TPSA) is 64.3 Å². The van der Waals surface area contributed by atoms with Crippen molar-refractivity contribution in [2.75, 3.05) is 0 Å². The van der Waals surface area contributed by atoms with Gasteiger partial charge in [0.25, 0.3) is 5.91 Å². The van der Waals surface area contributed by atoms with E-state index in [2.05, 4.69) is 15.9 Å². The maximum Gasteiger partial charge on any atom is 0.279 e. The number of carbonyl (C=O) groups is 1. The molecule has 0 aromatic heterocycles. The molecule has 20 heavy (non-hydrogen) atoms. The number of hydrazine groups is 1. The third-order valence-corrected chi connectivity index (χ3v) is 3.03. The van der Waals surface area contributed by atoms with Crippen LogP contribution in [0.25, 0.3) is 0 Å². The van der Waals surface area contributed by atoms with Crippen LogP contribution < -0.4 is 16.0 Å². The number of rotatable bonds is 4. The number of amides is 1. The number of benzene rings is 2. The minimum Gasteiger partial charge on any atom is -0.476 e. The lowest BCUT2D eigenvalue weighted by molar-refractivity contribution is -0.128. The van der Waals surface area contributed by atoms with Crippen molar-refractivity contribution in [3.8, 4) is 5.75 Å². The van der Waals surface area contributed by atoms with Gasteiger partial charge < -0.3 is 4.74 Å². The molecule has 0 aliphatic carbocycles. The summed E-state index contributed by atoms with van der Waals surface area (Å²) in [6.45, 7) is 0.